The molecule has 0 fully saturated rings. The maximum absolute atomic E-state index is 12.5. The molecule has 0 amide bonds. The minimum atomic E-state index is -0.533. The molecule has 2 heteroatoms. The third-order valence-electron chi connectivity index (χ3n) is 8.42. The van der Waals surface area contributed by atoms with Crippen molar-refractivity contribution in [3.8, 4) is 0 Å². The fourth-order valence-electron chi connectivity index (χ4n) is 6.07. The third kappa shape index (κ3) is 15.5. The molecule has 0 aromatic heterocycles. The molecule has 1 N–H and O–H groups in total. The van der Waals surface area contributed by atoms with E-state index in [1.54, 1.807) is 0 Å². The molecule has 0 aliphatic rings. The van der Waals surface area contributed by atoms with Crippen LogP contribution in [0.4, 0.5) is 0 Å². The van der Waals surface area contributed by atoms with E-state index in [4.69, 9.17) is 0 Å². The van der Waals surface area contributed by atoms with Gasteiger partial charge in [0, 0.05) is 0 Å². The Hall–Kier alpha value is -0.530. The van der Waals surface area contributed by atoms with Crippen LogP contribution in [-0.2, 0) is 4.79 Å². The summed E-state index contributed by atoms with van der Waals surface area (Å²) in [7, 11) is 0. The van der Waals surface area contributed by atoms with E-state index in [9.17, 15) is 9.90 Å². The molecule has 0 aliphatic heterocycles. The number of hydrogen-bond acceptors (Lipinski definition) is 1. The normalized spacial score (nSPS) is 14.4. The van der Waals surface area contributed by atoms with E-state index in [0.29, 0.717) is 11.8 Å². The standard InChI is InChI=1S/C32H64O2/c1-6-9-11-13-15-16-17-18-19-20-21-23-25-27-30(29(4)5)32(8-3,31(33)34)28-26-24-22-14-12-10-7-2/h29-30H,6-28H2,1-5H3,(H,33,34). The molecule has 2 nitrogen and oxygen atoms in total. The van der Waals surface area contributed by atoms with Crippen molar-refractivity contribution in [3.63, 3.8) is 0 Å². The number of carbonyl (C=O) groups is 1. The van der Waals surface area contributed by atoms with Crippen molar-refractivity contribution in [1.29, 1.82) is 0 Å². The molecular formula is C32H64O2. The zero-order chi connectivity index (χ0) is 25.5. The van der Waals surface area contributed by atoms with Crippen molar-refractivity contribution < 1.29 is 9.90 Å². The van der Waals surface area contributed by atoms with Crippen LogP contribution in [-0.4, -0.2) is 11.1 Å². The topological polar surface area (TPSA) is 37.3 Å². The van der Waals surface area contributed by atoms with Crippen LogP contribution in [0.2, 0.25) is 0 Å². The first-order valence-corrected chi connectivity index (χ1v) is 15.7. The van der Waals surface area contributed by atoms with Crippen LogP contribution < -0.4 is 0 Å². The smallest absolute Gasteiger partial charge is 0.309 e. The van der Waals surface area contributed by atoms with Gasteiger partial charge in [-0.3, -0.25) is 4.79 Å². The van der Waals surface area contributed by atoms with Gasteiger partial charge in [0.1, 0.15) is 0 Å². The summed E-state index contributed by atoms with van der Waals surface area (Å²) in [6.07, 6.45) is 29.4. The molecule has 0 spiro atoms. The summed E-state index contributed by atoms with van der Waals surface area (Å²) in [5, 5.41) is 10.3. The van der Waals surface area contributed by atoms with Gasteiger partial charge in [-0.15, -0.1) is 0 Å². The molecule has 0 saturated heterocycles. The highest BCUT2D eigenvalue weighted by atomic mass is 16.4. The Bertz CT molecular complexity index is 444. The van der Waals surface area contributed by atoms with Crippen molar-refractivity contribution >= 4 is 5.97 Å². The van der Waals surface area contributed by atoms with Crippen molar-refractivity contribution in [2.75, 3.05) is 0 Å². The molecule has 0 heterocycles. The predicted octanol–water partition coefficient (Wildman–Crippen LogP) is 11.4. The van der Waals surface area contributed by atoms with E-state index >= 15 is 0 Å². The van der Waals surface area contributed by atoms with Crippen LogP contribution >= 0.6 is 0 Å². The van der Waals surface area contributed by atoms with Crippen LogP contribution in [0.5, 0.6) is 0 Å². The van der Waals surface area contributed by atoms with E-state index in [-0.39, 0.29) is 0 Å². The minimum Gasteiger partial charge on any atom is -0.481 e. The molecule has 0 aromatic rings. The lowest BCUT2D eigenvalue weighted by Gasteiger charge is -2.39. The largest absolute Gasteiger partial charge is 0.481 e. The summed E-state index contributed by atoms with van der Waals surface area (Å²) in [6, 6.07) is 0. The zero-order valence-corrected chi connectivity index (χ0v) is 24.3. The Morgan fingerprint density at radius 3 is 1.26 bits per heavy atom. The lowest BCUT2D eigenvalue weighted by atomic mass is 9.64. The predicted molar refractivity (Wildman–Crippen MR) is 152 cm³/mol. The maximum Gasteiger partial charge on any atom is 0.309 e. The van der Waals surface area contributed by atoms with E-state index in [1.807, 2.05) is 0 Å². The van der Waals surface area contributed by atoms with Gasteiger partial charge in [-0.05, 0) is 31.1 Å². The van der Waals surface area contributed by atoms with Crippen LogP contribution in [0.25, 0.3) is 0 Å². The van der Waals surface area contributed by atoms with E-state index in [2.05, 4.69) is 34.6 Å². The number of unbranched alkanes of at least 4 members (excludes halogenated alkanes) is 18. The summed E-state index contributed by atoms with van der Waals surface area (Å²) in [4.78, 5) is 12.5. The monoisotopic (exact) mass is 480 g/mol. The molecule has 2 unspecified atom stereocenters. The molecule has 204 valence electrons. The second kappa shape index (κ2) is 22.9. The number of carboxylic acid groups (broad SMARTS) is 1. The Kier molecular flexibility index (Phi) is 22.5. The maximum atomic E-state index is 12.5. The molecule has 2 atom stereocenters. The molecule has 0 rings (SSSR count). The lowest BCUT2D eigenvalue weighted by molar-refractivity contribution is -0.155. The Morgan fingerprint density at radius 1 is 0.588 bits per heavy atom. The lowest BCUT2D eigenvalue weighted by Crippen LogP contribution is -2.41. The van der Waals surface area contributed by atoms with Crippen LogP contribution in [0.3, 0.4) is 0 Å². The first-order valence-electron chi connectivity index (χ1n) is 15.7. The number of hydrogen-bond donors (Lipinski definition) is 1. The van der Waals surface area contributed by atoms with Gasteiger partial charge in [-0.1, -0.05) is 163 Å². The van der Waals surface area contributed by atoms with Crippen molar-refractivity contribution in [1.82, 2.24) is 0 Å². The fourth-order valence-corrected chi connectivity index (χ4v) is 6.07. The Morgan fingerprint density at radius 2 is 0.941 bits per heavy atom. The zero-order valence-electron chi connectivity index (χ0n) is 24.3. The van der Waals surface area contributed by atoms with E-state index in [0.717, 1.165) is 25.7 Å². The van der Waals surface area contributed by atoms with E-state index < -0.39 is 11.4 Å². The van der Waals surface area contributed by atoms with Crippen LogP contribution in [0.15, 0.2) is 0 Å². The van der Waals surface area contributed by atoms with Gasteiger partial charge in [0.05, 0.1) is 5.41 Å². The fraction of sp³-hybridized carbons (Fsp3) is 0.969. The Labute approximate surface area is 215 Å². The van der Waals surface area contributed by atoms with Crippen molar-refractivity contribution in [3.05, 3.63) is 0 Å². The van der Waals surface area contributed by atoms with Crippen LogP contribution in [0.1, 0.15) is 182 Å². The molecule has 0 aliphatic carbocycles. The molecule has 0 aromatic carbocycles. The van der Waals surface area contributed by atoms with E-state index in [1.165, 1.54) is 122 Å². The molecule has 34 heavy (non-hydrogen) atoms. The Balaban J connectivity index is 4.24. The van der Waals surface area contributed by atoms with Gasteiger partial charge >= 0.3 is 5.97 Å². The molecular weight excluding hydrogens is 416 g/mol. The average Bonchev–Trinajstić information content (AvgIpc) is 2.81. The molecule has 0 bridgehead atoms. The average molecular weight is 481 g/mol. The second-order valence-corrected chi connectivity index (χ2v) is 11.6. The first kappa shape index (κ1) is 33.5. The first-order chi connectivity index (χ1) is 16.5. The van der Waals surface area contributed by atoms with Gasteiger partial charge in [-0.2, -0.15) is 0 Å². The summed E-state index contributed by atoms with van der Waals surface area (Å²) >= 11 is 0. The van der Waals surface area contributed by atoms with Gasteiger partial charge in [0.15, 0.2) is 0 Å². The van der Waals surface area contributed by atoms with Crippen LogP contribution in [0, 0.1) is 17.3 Å². The summed E-state index contributed by atoms with van der Waals surface area (Å²) < 4.78 is 0. The number of carboxylic acids is 1. The summed E-state index contributed by atoms with van der Waals surface area (Å²) in [5.74, 6) is 0.218. The summed E-state index contributed by atoms with van der Waals surface area (Å²) in [5.41, 5.74) is -0.519. The third-order valence-corrected chi connectivity index (χ3v) is 8.42. The highest BCUT2D eigenvalue weighted by Crippen LogP contribution is 2.44. The molecule has 0 radical (unpaired) electrons. The van der Waals surface area contributed by atoms with Gasteiger partial charge in [-0.25, -0.2) is 0 Å². The van der Waals surface area contributed by atoms with Gasteiger partial charge < -0.3 is 5.11 Å². The second-order valence-electron chi connectivity index (χ2n) is 11.6. The minimum absolute atomic E-state index is 0.308. The highest BCUT2D eigenvalue weighted by molar-refractivity contribution is 5.75. The highest BCUT2D eigenvalue weighted by Gasteiger charge is 2.44. The number of aliphatic carboxylic acids is 1. The van der Waals surface area contributed by atoms with Gasteiger partial charge in [0.25, 0.3) is 0 Å². The summed E-state index contributed by atoms with van der Waals surface area (Å²) in [6.45, 7) is 11.2. The SMILES string of the molecule is CCCCCCCCCCCCCCCC(C(C)C)C(CC)(CCCCCCCCC)C(=O)O. The number of rotatable bonds is 26. The van der Waals surface area contributed by atoms with Crippen molar-refractivity contribution in [2.24, 2.45) is 17.3 Å². The quantitative estimate of drug-likeness (QED) is 0.125. The van der Waals surface area contributed by atoms with Crippen molar-refractivity contribution in [2.45, 2.75) is 182 Å². The molecule has 0 saturated carbocycles. The van der Waals surface area contributed by atoms with Gasteiger partial charge in [0.2, 0.25) is 0 Å².